The van der Waals surface area contributed by atoms with Crippen LogP contribution in [0.2, 0.25) is 0 Å². The fraction of sp³-hybridized carbons (Fsp3) is 0.769. The third kappa shape index (κ3) is 2.80. The first-order chi connectivity index (χ1) is 7.91. The molecule has 0 aromatic rings. The summed E-state index contributed by atoms with van der Waals surface area (Å²) in [4.78, 5) is 11.9. The van der Waals surface area contributed by atoms with E-state index in [0.717, 1.165) is 25.9 Å². The van der Waals surface area contributed by atoms with Gasteiger partial charge < -0.3 is 15.4 Å². The summed E-state index contributed by atoms with van der Waals surface area (Å²) in [6.45, 7) is 7.46. The van der Waals surface area contributed by atoms with Gasteiger partial charge in [-0.2, -0.15) is 0 Å². The molecular weight excluding hydrogens is 216 g/mol. The highest BCUT2D eigenvalue weighted by atomic mass is 16.6. The van der Waals surface area contributed by atoms with E-state index < -0.39 is 5.60 Å². The standard InChI is InChI=1S/C13H22N2O2/c1-12(2,3)17-11(16)15-13-7-5-4-6-10(13)8-14-9-13/h4-5,10,14H,6-9H2,1-3H3,(H,15,16)/t10-,13+/m0/s1. The maximum absolute atomic E-state index is 11.9. The molecule has 0 aromatic carbocycles. The van der Waals surface area contributed by atoms with Crippen molar-refractivity contribution < 1.29 is 9.53 Å². The molecule has 1 heterocycles. The average molecular weight is 238 g/mol. The van der Waals surface area contributed by atoms with Crippen LogP contribution < -0.4 is 10.6 Å². The largest absolute Gasteiger partial charge is 0.444 e. The van der Waals surface area contributed by atoms with Crippen LogP contribution in [0.1, 0.15) is 33.6 Å². The number of hydrogen-bond donors (Lipinski definition) is 2. The van der Waals surface area contributed by atoms with Crippen LogP contribution >= 0.6 is 0 Å². The number of rotatable bonds is 1. The minimum atomic E-state index is -0.438. The molecule has 1 amide bonds. The van der Waals surface area contributed by atoms with Gasteiger partial charge in [-0.25, -0.2) is 4.79 Å². The number of amides is 1. The van der Waals surface area contributed by atoms with Gasteiger partial charge >= 0.3 is 6.09 Å². The number of ether oxygens (including phenoxy) is 1. The second-order valence-corrected chi connectivity index (χ2v) is 6.02. The lowest BCUT2D eigenvalue weighted by Gasteiger charge is -2.37. The van der Waals surface area contributed by atoms with Gasteiger partial charge in [0.05, 0.1) is 5.54 Å². The van der Waals surface area contributed by atoms with E-state index in [2.05, 4.69) is 22.8 Å². The summed E-state index contributed by atoms with van der Waals surface area (Å²) in [7, 11) is 0. The molecule has 2 N–H and O–H groups in total. The lowest BCUT2D eigenvalue weighted by atomic mass is 9.78. The lowest BCUT2D eigenvalue weighted by molar-refractivity contribution is 0.0434. The van der Waals surface area contributed by atoms with Gasteiger partial charge in [0.25, 0.3) is 0 Å². The van der Waals surface area contributed by atoms with Gasteiger partial charge in [-0.15, -0.1) is 0 Å². The summed E-state index contributed by atoms with van der Waals surface area (Å²) < 4.78 is 5.34. The minimum absolute atomic E-state index is 0.142. The Morgan fingerprint density at radius 1 is 1.47 bits per heavy atom. The third-order valence-electron chi connectivity index (χ3n) is 3.43. The van der Waals surface area contributed by atoms with Crippen molar-refractivity contribution in [2.75, 3.05) is 13.1 Å². The van der Waals surface area contributed by atoms with Crippen molar-refractivity contribution in [3.05, 3.63) is 12.2 Å². The van der Waals surface area contributed by atoms with E-state index >= 15 is 0 Å². The zero-order chi connectivity index (χ0) is 12.5. The van der Waals surface area contributed by atoms with Crippen LogP contribution in [0.15, 0.2) is 12.2 Å². The maximum atomic E-state index is 11.9. The molecular formula is C13H22N2O2. The Bertz CT molecular complexity index is 333. The second kappa shape index (κ2) is 4.33. The highest BCUT2D eigenvalue weighted by molar-refractivity contribution is 5.69. The van der Waals surface area contributed by atoms with Crippen molar-refractivity contribution in [1.29, 1.82) is 0 Å². The van der Waals surface area contributed by atoms with Crippen molar-refractivity contribution in [3.8, 4) is 0 Å². The molecule has 1 aliphatic heterocycles. The predicted octanol–water partition coefficient (Wildman–Crippen LogP) is 1.82. The van der Waals surface area contributed by atoms with E-state index in [0.29, 0.717) is 5.92 Å². The summed E-state index contributed by atoms with van der Waals surface area (Å²) in [6, 6.07) is 0. The summed E-state index contributed by atoms with van der Waals surface area (Å²) in [5.41, 5.74) is -0.580. The molecule has 0 radical (unpaired) electrons. The second-order valence-electron chi connectivity index (χ2n) is 6.02. The molecule has 96 valence electrons. The summed E-state index contributed by atoms with van der Waals surface area (Å²) >= 11 is 0. The molecule has 2 rings (SSSR count). The fourth-order valence-electron chi connectivity index (χ4n) is 2.62. The molecule has 4 heteroatoms. The van der Waals surface area contributed by atoms with Gasteiger partial charge in [-0.3, -0.25) is 0 Å². The zero-order valence-electron chi connectivity index (χ0n) is 10.9. The van der Waals surface area contributed by atoms with E-state index in [1.54, 1.807) is 0 Å². The smallest absolute Gasteiger partial charge is 0.408 e. The molecule has 0 unspecified atom stereocenters. The Morgan fingerprint density at radius 3 is 2.94 bits per heavy atom. The maximum Gasteiger partial charge on any atom is 0.408 e. The van der Waals surface area contributed by atoms with Crippen LogP contribution in [0.5, 0.6) is 0 Å². The fourth-order valence-corrected chi connectivity index (χ4v) is 2.62. The summed E-state index contributed by atoms with van der Waals surface area (Å²) in [5, 5.41) is 6.44. The molecule has 17 heavy (non-hydrogen) atoms. The highest BCUT2D eigenvalue weighted by Gasteiger charge is 2.44. The first-order valence-electron chi connectivity index (χ1n) is 6.28. The molecule has 0 spiro atoms. The SMILES string of the molecule is CC(C)(C)OC(=O)N[C@@]12CC=CC[C@H]1CNC2. The topological polar surface area (TPSA) is 50.4 Å². The quantitative estimate of drug-likeness (QED) is 0.685. The number of alkyl carbamates (subject to hydrolysis) is 1. The van der Waals surface area contributed by atoms with Crippen molar-refractivity contribution >= 4 is 6.09 Å². The number of carbonyl (C=O) groups is 1. The molecule has 2 atom stereocenters. The molecule has 2 aliphatic rings. The molecule has 0 bridgehead atoms. The number of fused-ring (bicyclic) bond motifs is 1. The van der Waals surface area contributed by atoms with Gasteiger partial charge in [-0.1, -0.05) is 12.2 Å². The van der Waals surface area contributed by atoms with Crippen LogP contribution in [0.3, 0.4) is 0 Å². The van der Waals surface area contributed by atoms with E-state index in [1.807, 2.05) is 20.8 Å². The number of carbonyl (C=O) groups excluding carboxylic acids is 1. The van der Waals surface area contributed by atoms with Crippen molar-refractivity contribution in [3.63, 3.8) is 0 Å². The van der Waals surface area contributed by atoms with Gasteiger partial charge in [0.15, 0.2) is 0 Å². The minimum Gasteiger partial charge on any atom is -0.444 e. The first-order valence-corrected chi connectivity index (χ1v) is 6.28. The van der Waals surface area contributed by atoms with E-state index in [-0.39, 0.29) is 11.6 Å². The Hall–Kier alpha value is -1.03. The van der Waals surface area contributed by atoms with Crippen LogP contribution in [0.25, 0.3) is 0 Å². The van der Waals surface area contributed by atoms with Crippen molar-refractivity contribution in [1.82, 2.24) is 10.6 Å². The monoisotopic (exact) mass is 238 g/mol. The molecule has 0 saturated carbocycles. The molecule has 1 aliphatic carbocycles. The average Bonchev–Trinajstić information content (AvgIpc) is 2.57. The number of hydrogen-bond acceptors (Lipinski definition) is 3. The van der Waals surface area contributed by atoms with E-state index in [9.17, 15) is 4.79 Å². The van der Waals surface area contributed by atoms with E-state index in [1.165, 1.54) is 0 Å². The first kappa shape index (κ1) is 12.4. The van der Waals surface area contributed by atoms with Crippen molar-refractivity contribution in [2.45, 2.75) is 44.8 Å². The van der Waals surface area contributed by atoms with Gasteiger partial charge in [0.1, 0.15) is 5.60 Å². The van der Waals surface area contributed by atoms with Gasteiger partial charge in [0, 0.05) is 13.1 Å². The van der Waals surface area contributed by atoms with Gasteiger partial charge in [-0.05, 0) is 39.5 Å². The Balaban J connectivity index is 2.01. The van der Waals surface area contributed by atoms with Crippen molar-refractivity contribution in [2.24, 2.45) is 5.92 Å². The lowest BCUT2D eigenvalue weighted by Crippen LogP contribution is -2.55. The van der Waals surface area contributed by atoms with Crippen LogP contribution in [0, 0.1) is 5.92 Å². The Morgan fingerprint density at radius 2 is 2.24 bits per heavy atom. The molecule has 0 aromatic heterocycles. The molecule has 1 fully saturated rings. The Labute approximate surface area is 103 Å². The van der Waals surface area contributed by atoms with Gasteiger partial charge in [0.2, 0.25) is 0 Å². The Kier molecular flexibility index (Phi) is 3.17. The van der Waals surface area contributed by atoms with Crippen LogP contribution in [-0.2, 0) is 4.74 Å². The summed E-state index contributed by atoms with van der Waals surface area (Å²) in [5.74, 6) is 0.486. The highest BCUT2D eigenvalue weighted by Crippen LogP contribution is 2.33. The zero-order valence-corrected chi connectivity index (χ0v) is 10.9. The summed E-state index contributed by atoms with van der Waals surface area (Å²) in [6.07, 6.45) is 5.97. The number of allylic oxidation sites excluding steroid dienone is 1. The normalized spacial score (nSPS) is 32.1. The molecule has 4 nitrogen and oxygen atoms in total. The predicted molar refractivity (Wildman–Crippen MR) is 66.8 cm³/mol. The van der Waals surface area contributed by atoms with Crippen LogP contribution in [-0.4, -0.2) is 30.3 Å². The van der Waals surface area contributed by atoms with E-state index in [4.69, 9.17) is 4.74 Å². The third-order valence-corrected chi connectivity index (χ3v) is 3.43. The number of nitrogens with one attached hydrogen (secondary N) is 2. The van der Waals surface area contributed by atoms with Crippen LogP contribution in [0.4, 0.5) is 4.79 Å². The molecule has 1 saturated heterocycles.